The Bertz CT molecular complexity index is 889. The van der Waals surface area contributed by atoms with Gasteiger partial charge < -0.3 is 19.7 Å². The minimum atomic E-state index is -0.223. The highest BCUT2D eigenvalue weighted by molar-refractivity contribution is 5.99. The fraction of sp³-hybridized carbons (Fsp3) is 0.333. The molecule has 6 nitrogen and oxygen atoms in total. The first kappa shape index (κ1) is 17.4. The Balaban J connectivity index is 1.47. The van der Waals surface area contributed by atoms with Crippen molar-refractivity contribution in [1.29, 1.82) is 0 Å². The monoisotopic (exact) mass is 366 g/mol. The Morgan fingerprint density at radius 2 is 1.74 bits per heavy atom. The number of nitrogens with zero attached hydrogens (tertiary/aromatic N) is 1. The first-order chi connectivity index (χ1) is 13.0. The van der Waals surface area contributed by atoms with E-state index in [1.54, 1.807) is 4.90 Å². The van der Waals surface area contributed by atoms with Crippen LogP contribution in [0.5, 0.6) is 11.5 Å². The summed E-state index contributed by atoms with van der Waals surface area (Å²) in [5.41, 5.74) is 3.46. The van der Waals surface area contributed by atoms with E-state index in [-0.39, 0.29) is 24.3 Å². The van der Waals surface area contributed by atoms with Crippen molar-refractivity contribution in [2.75, 3.05) is 24.7 Å². The molecule has 2 aliphatic heterocycles. The zero-order chi connectivity index (χ0) is 19.0. The summed E-state index contributed by atoms with van der Waals surface area (Å²) in [5, 5.41) is 2.98. The van der Waals surface area contributed by atoms with Crippen molar-refractivity contribution in [3.63, 3.8) is 0 Å². The summed E-state index contributed by atoms with van der Waals surface area (Å²) in [6.07, 6.45) is 0.283. The van der Waals surface area contributed by atoms with Crippen molar-refractivity contribution in [2.24, 2.45) is 0 Å². The number of nitrogens with one attached hydrogen (secondary N) is 1. The molecule has 0 aliphatic carbocycles. The van der Waals surface area contributed by atoms with Gasteiger partial charge in [0.05, 0.1) is 6.04 Å². The van der Waals surface area contributed by atoms with Crippen molar-refractivity contribution in [3.05, 3.63) is 53.1 Å². The second-order valence-corrected chi connectivity index (χ2v) is 7.08. The van der Waals surface area contributed by atoms with Crippen molar-refractivity contribution in [1.82, 2.24) is 5.32 Å². The number of benzene rings is 2. The zero-order valence-corrected chi connectivity index (χ0v) is 15.5. The SMILES string of the molecule is Cc1cc(C)cc(C(=O)N[C@@H]2CC(=O)N(c3ccc4c(c3)OCCO4)C2)c1. The number of carbonyl (C=O) groups is 2. The van der Waals surface area contributed by atoms with Crippen LogP contribution in [0.2, 0.25) is 0 Å². The number of ether oxygens (including phenoxy) is 2. The molecule has 4 rings (SSSR count). The Hall–Kier alpha value is -3.02. The van der Waals surface area contributed by atoms with Crippen LogP contribution in [0.15, 0.2) is 36.4 Å². The number of anilines is 1. The first-order valence-electron chi connectivity index (χ1n) is 9.09. The lowest BCUT2D eigenvalue weighted by Crippen LogP contribution is -2.37. The smallest absolute Gasteiger partial charge is 0.251 e. The van der Waals surface area contributed by atoms with Crippen molar-refractivity contribution >= 4 is 17.5 Å². The number of hydrogen-bond donors (Lipinski definition) is 1. The summed E-state index contributed by atoms with van der Waals surface area (Å²) in [4.78, 5) is 26.7. The molecule has 1 fully saturated rings. The molecule has 0 saturated carbocycles. The predicted molar refractivity (Wildman–Crippen MR) is 102 cm³/mol. The molecule has 1 saturated heterocycles. The van der Waals surface area contributed by atoms with Crippen molar-refractivity contribution < 1.29 is 19.1 Å². The molecule has 0 aromatic heterocycles. The molecular weight excluding hydrogens is 344 g/mol. The number of amides is 2. The Labute approximate surface area is 158 Å². The minimum Gasteiger partial charge on any atom is -0.486 e. The predicted octanol–water partition coefficient (Wildman–Crippen LogP) is 2.61. The Kier molecular flexibility index (Phi) is 4.48. The third-order valence-corrected chi connectivity index (χ3v) is 4.78. The van der Waals surface area contributed by atoms with Crippen LogP contribution >= 0.6 is 0 Å². The fourth-order valence-electron chi connectivity index (χ4n) is 3.63. The molecule has 0 unspecified atom stereocenters. The minimum absolute atomic E-state index is 0.0163. The van der Waals surface area contributed by atoms with Gasteiger partial charge in [0.15, 0.2) is 11.5 Å². The number of carbonyl (C=O) groups excluding carboxylic acids is 2. The zero-order valence-electron chi connectivity index (χ0n) is 15.5. The molecule has 2 aromatic rings. The molecule has 6 heteroatoms. The summed E-state index contributed by atoms with van der Waals surface area (Å²) in [7, 11) is 0. The van der Waals surface area contributed by atoms with E-state index in [1.165, 1.54) is 0 Å². The first-order valence-corrected chi connectivity index (χ1v) is 9.09. The number of fused-ring (bicyclic) bond motifs is 1. The van der Waals surface area contributed by atoms with Crippen LogP contribution in [-0.2, 0) is 4.79 Å². The lowest BCUT2D eigenvalue weighted by molar-refractivity contribution is -0.117. The summed E-state index contributed by atoms with van der Waals surface area (Å²) >= 11 is 0. The quantitative estimate of drug-likeness (QED) is 0.907. The second kappa shape index (κ2) is 6.95. The lowest BCUT2D eigenvalue weighted by Gasteiger charge is -2.22. The van der Waals surface area contributed by atoms with Gasteiger partial charge >= 0.3 is 0 Å². The molecule has 0 spiro atoms. The highest BCUT2D eigenvalue weighted by Crippen LogP contribution is 2.35. The highest BCUT2D eigenvalue weighted by Gasteiger charge is 2.32. The van der Waals surface area contributed by atoms with E-state index in [0.717, 1.165) is 16.8 Å². The molecule has 27 heavy (non-hydrogen) atoms. The summed E-state index contributed by atoms with van der Waals surface area (Å²) < 4.78 is 11.1. The average molecular weight is 366 g/mol. The van der Waals surface area contributed by atoms with E-state index in [1.807, 2.05) is 50.2 Å². The molecule has 2 heterocycles. The molecule has 2 amide bonds. The van der Waals surface area contributed by atoms with E-state index in [2.05, 4.69) is 5.32 Å². The molecule has 1 atom stereocenters. The molecule has 140 valence electrons. The molecule has 2 aliphatic rings. The van der Waals surface area contributed by atoms with Crippen LogP contribution < -0.4 is 19.7 Å². The van der Waals surface area contributed by atoms with Gasteiger partial charge in [0.2, 0.25) is 5.91 Å². The van der Waals surface area contributed by atoms with E-state index in [9.17, 15) is 9.59 Å². The van der Waals surface area contributed by atoms with E-state index < -0.39 is 0 Å². The van der Waals surface area contributed by atoms with Crippen LogP contribution in [0.3, 0.4) is 0 Å². The van der Waals surface area contributed by atoms with Gasteiger partial charge in [-0.2, -0.15) is 0 Å². The summed E-state index contributed by atoms with van der Waals surface area (Å²) in [5.74, 6) is 1.17. The number of rotatable bonds is 3. The maximum Gasteiger partial charge on any atom is 0.251 e. The third-order valence-electron chi connectivity index (χ3n) is 4.78. The van der Waals surface area contributed by atoms with Crippen molar-refractivity contribution in [3.8, 4) is 11.5 Å². The van der Waals surface area contributed by atoms with Gasteiger partial charge in [-0.05, 0) is 38.1 Å². The Morgan fingerprint density at radius 1 is 1.04 bits per heavy atom. The van der Waals surface area contributed by atoms with Crippen LogP contribution in [0.4, 0.5) is 5.69 Å². The van der Waals surface area contributed by atoms with Gasteiger partial charge in [0.1, 0.15) is 13.2 Å². The van der Waals surface area contributed by atoms with Crippen molar-refractivity contribution in [2.45, 2.75) is 26.3 Å². The molecule has 0 bridgehead atoms. The maximum atomic E-state index is 12.6. The highest BCUT2D eigenvalue weighted by atomic mass is 16.6. The number of aryl methyl sites for hydroxylation is 2. The molecule has 2 aromatic carbocycles. The van der Waals surface area contributed by atoms with Gasteiger partial charge in [-0.15, -0.1) is 0 Å². The normalized spacial score (nSPS) is 18.5. The van der Waals surface area contributed by atoms with Gasteiger partial charge in [-0.3, -0.25) is 9.59 Å². The van der Waals surface area contributed by atoms with E-state index >= 15 is 0 Å². The average Bonchev–Trinajstić information content (AvgIpc) is 3.00. The molecule has 1 N–H and O–H groups in total. The van der Waals surface area contributed by atoms with Crippen LogP contribution in [0, 0.1) is 13.8 Å². The largest absolute Gasteiger partial charge is 0.486 e. The summed E-state index contributed by atoms with van der Waals surface area (Å²) in [6.45, 7) is 5.40. The van der Waals surface area contributed by atoms with Gasteiger partial charge in [0.25, 0.3) is 5.91 Å². The standard InChI is InChI=1S/C21H22N2O4/c1-13-7-14(2)9-15(8-13)21(25)22-16-10-20(24)23(12-16)17-3-4-18-19(11-17)27-6-5-26-18/h3-4,7-9,11,16H,5-6,10,12H2,1-2H3,(H,22,25)/t16-/m1/s1. The van der Waals surface area contributed by atoms with Crippen LogP contribution in [0.25, 0.3) is 0 Å². The third kappa shape index (κ3) is 3.60. The van der Waals surface area contributed by atoms with Crippen LogP contribution in [0.1, 0.15) is 27.9 Å². The van der Waals surface area contributed by atoms with Gasteiger partial charge in [-0.25, -0.2) is 0 Å². The van der Waals surface area contributed by atoms with E-state index in [4.69, 9.17) is 9.47 Å². The Morgan fingerprint density at radius 3 is 2.48 bits per heavy atom. The number of hydrogen-bond acceptors (Lipinski definition) is 4. The second-order valence-electron chi connectivity index (χ2n) is 7.08. The van der Waals surface area contributed by atoms with E-state index in [0.29, 0.717) is 36.8 Å². The van der Waals surface area contributed by atoms with Crippen LogP contribution in [-0.4, -0.2) is 37.6 Å². The summed E-state index contributed by atoms with van der Waals surface area (Å²) in [6, 6.07) is 11.0. The van der Waals surface area contributed by atoms with Gasteiger partial charge in [0, 0.05) is 30.3 Å². The maximum absolute atomic E-state index is 12.6. The van der Waals surface area contributed by atoms with Gasteiger partial charge in [-0.1, -0.05) is 17.2 Å². The molecular formula is C21H22N2O4. The topological polar surface area (TPSA) is 67.9 Å². The molecule has 0 radical (unpaired) electrons. The fourth-order valence-corrected chi connectivity index (χ4v) is 3.63. The lowest BCUT2D eigenvalue weighted by atomic mass is 10.1.